The van der Waals surface area contributed by atoms with Crippen LogP contribution in [0.3, 0.4) is 0 Å². The maximum absolute atomic E-state index is 14.0. The van der Waals surface area contributed by atoms with Gasteiger partial charge in [0.1, 0.15) is 0 Å². The van der Waals surface area contributed by atoms with E-state index in [-0.39, 0.29) is 41.3 Å². The molecule has 2 aromatic carbocycles. The molecule has 51 heavy (non-hydrogen) atoms. The van der Waals surface area contributed by atoms with E-state index in [2.05, 4.69) is 36.1 Å². The Labute approximate surface area is 300 Å². The number of aromatic amines is 1. The molecule has 16 heteroatoms. The number of nitrogens with one attached hydrogen (secondary N) is 2. The number of carbonyl (C=O) groups is 2. The van der Waals surface area contributed by atoms with E-state index in [1.807, 2.05) is 24.3 Å². The number of carbonyl (C=O) groups excluding carboxylic acids is 2. The second kappa shape index (κ2) is 14.5. The van der Waals surface area contributed by atoms with Crippen molar-refractivity contribution in [3.8, 4) is 0 Å². The van der Waals surface area contributed by atoms with Gasteiger partial charge < -0.3 is 30.6 Å². The van der Waals surface area contributed by atoms with E-state index >= 15 is 0 Å². The number of hydrogen-bond donors (Lipinski definition) is 3. The third kappa shape index (κ3) is 7.31. The van der Waals surface area contributed by atoms with Gasteiger partial charge in [0, 0.05) is 67.6 Å². The predicted molar refractivity (Wildman–Crippen MR) is 189 cm³/mol. The number of amides is 2. The summed E-state index contributed by atoms with van der Waals surface area (Å²) in [6.07, 6.45) is -2.43. The number of ether oxygens (including phenoxy) is 1. The lowest BCUT2D eigenvalue weighted by atomic mass is 10.0. The van der Waals surface area contributed by atoms with Crippen molar-refractivity contribution in [1.82, 2.24) is 34.6 Å². The smallest absolute Gasteiger partial charge is 0.418 e. The molecule has 3 aliphatic heterocycles. The Bertz CT molecular complexity index is 1980. The largest absolute Gasteiger partial charge is 0.436 e. The Morgan fingerprint density at radius 3 is 2.39 bits per heavy atom. The molecule has 0 radical (unpaired) electrons. The number of benzene rings is 2. The van der Waals surface area contributed by atoms with E-state index in [0.29, 0.717) is 56.1 Å². The number of anilines is 1. The number of fused-ring (bicyclic) bond motifs is 3. The van der Waals surface area contributed by atoms with Gasteiger partial charge in [-0.25, -0.2) is 9.59 Å². The molecule has 3 aliphatic rings. The number of imidazole rings is 1. The molecule has 12 nitrogen and oxygen atoms in total. The van der Waals surface area contributed by atoms with E-state index in [0.717, 1.165) is 42.9 Å². The van der Waals surface area contributed by atoms with Crippen molar-refractivity contribution in [3.63, 3.8) is 0 Å². The van der Waals surface area contributed by atoms with Gasteiger partial charge in [-0.15, -0.1) is 0 Å². The lowest BCUT2D eigenvalue weighted by Gasteiger charge is -2.41. The highest BCUT2D eigenvalue weighted by atomic mass is 79.9. The molecule has 5 heterocycles. The molecular weight excluding hydrogens is 733 g/mol. The average Bonchev–Trinajstić information content (AvgIpc) is 3.48. The second-order valence-electron chi connectivity index (χ2n) is 13.5. The zero-order chi connectivity index (χ0) is 35.9. The fraction of sp³-hybridized carbons (Fsp3) is 0.486. The van der Waals surface area contributed by atoms with Crippen LogP contribution in [-0.2, 0) is 22.1 Å². The maximum atomic E-state index is 14.0. The van der Waals surface area contributed by atoms with Crippen molar-refractivity contribution in [3.05, 3.63) is 68.7 Å². The van der Waals surface area contributed by atoms with Crippen LogP contribution in [-0.4, -0.2) is 106 Å². The molecule has 1 unspecified atom stereocenters. The molecule has 3 fully saturated rings. The number of nitrogen functional groups attached to an aromatic ring is 1. The number of hydrogen-bond acceptors (Lipinski definition) is 8. The fourth-order valence-corrected chi connectivity index (χ4v) is 8.20. The Kier molecular flexibility index (Phi) is 10.0. The van der Waals surface area contributed by atoms with Gasteiger partial charge in [-0.1, -0.05) is 18.2 Å². The molecule has 0 saturated carbocycles. The molecule has 4 aromatic rings. The summed E-state index contributed by atoms with van der Waals surface area (Å²) in [5.41, 5.74) is 6.29. The Balaban J connectivity index is 1.07. The Hall–Kier alpha value is -4.15. The van der Waals surface area contributed by atoms with E-state index in [4.69, 9.17) is 10.5 Å². The zero-order valence-corrected chi connectivity index (χ0v) is 29.5. The topological polar surface area (TPSA) is 142 Å². The first-order valence-electron chi connectivity index (χ1n) is 17.3. The molecule has 4 N–H and O–H groups in total. The van der Waals surface area contributed by atoms with E-state index in [1.165, 1.54) is 11.0 Å². The molecule has 0 bridgehead atoms. The highest BCUT2D eigenvalue weighted by Gasteiger charge is 2.37. The quantitative estimate of drug-likeness (QED) is 0.243. The van der Waals surface area contributed by atoms with Gasteiger partial charge >= 0.3 is 18.0 Å². The summed E-state index contributed by atoms with van der Waals surface area (Å²) in [7, 11) is 0. The summed E-state index contributed by atoms with van der Waals surface area (Å²) in [5, 5.41) is 4.20. The van der Waals surface area contributed by atoms with Gasteiger partial charge in [-0.2, -0.15) is 13.2 Å². The maximum Gasteiger partial charge on any atom is 0.418 e. The number of likely N-dealkylation sites (tertiary alicyclic amines) is 1. The van der Waals surface area contributed by atoms with Crippen LogP contribution in [0.2, 0.25) is 0 Å². The summed E-state index contributed by atoms with van der Waals surface area (Å²) >= 11 is 3.13. The standard InChI is InChI=1S/C35H40BrF3N8O4/c36-26-18-21(17-25(30(26)40)35(37,38)39)19-29(32(48)45-15-13-44(14-16-45)22-5-9-41-10-6-22)51-34(50)46-11-7-23(8-12-46)47-28-20-42-27-4-2-1-3-24(27)31(28)43-33(47)49/h1-4,17-18,20,22-23,29,41H,5-16,19,40H2,(H,43,49). The number of alkyl halides is 3. The lowest BCUT2D eigenvalue weighted by molar-refractivity contribution is -0.143. The van der Waals surface area contributed by atoms with E-state index in [1.54, 1.807) is 15.7 Å². The van der Waals surface area contributed by atoms with Crippen molar-refractivity contribution in [2.24, 2.45) is 0 Å². The normalized spacial score (nSPS) is 19.1. The van der Waals surface area contributed by atoms with Crippen LogP contribution < -0.4 is 16.7 Å². The molecule has 0 aliphatic carbocycles. The van der Waals surface area contributed by atoms with Gasteiger partial charge in [-0.05, 0) is 78.5 Å². The highest BCUT2D eigenvalue weighted by Crippen LogP contribution is 2.38. The minimum absolute atomic E-state index is 0.0400. The fourth-order valence-electron chi connectivity index (χ4n) is 7.69. The summed E-state index contributed by atoms with van der Waals surface area (Å²) in [6, 6.07) is 10.1. The molecule has 272 valence electrons. The molecule has 2 aromatic heterocycles. The van der Waals surface area contributed by atoms with Crippen LogP contribution in [0.5, 0.6) is 0 Å². The number of rotatable bonds is 6. The van der Waals surface area contributed by atoms with Crippen LogP contribution in [0, 0.1) is 0 Å². The van der Waals surface area contributed by atoms with Gasteiger partial charge in [0.2, 0.25) is 0 Å². The molecule has 3 saturated heterocycles. The zero-order valence-electron chi connectivity index (χ0n) is 27.9. The van der Waals surface area contributed by atoms with Crippen LogP contribution in [0.15, 0.2) is 51.9 Å². The van der Waals surface area contributed by atoms with Crippen molar-refractivity contribution in [2.75, 3.05) is 58.1 Å². The SMILES string of the molecule is Nc1c(Br)cc(CC(OC(=O)N2CCC(n3c(=O)[nH]c4c5ccccc5ncc43)CC2)C(=O)N2CCN(C3CCNCC3)CC2)cc1C(F)(F)F. The number of piperidine rings is 2. The summed E-state index contributed by atoms with van der Waals surface area (Å²) in [5.74, 6) is -0.449. The van der Waals surface area contributed by atoms with Gasteiger partial charge in [-0.3, -0.25) is 19.2 Å². The first-order valence-corrected chi connectivity index (χ1v) is 18.1. The molecule has 0 spiro atoms. The van der Waals surface area contributed by atoms with Crippen molar-refractivity contribution < 1.29 is 27.5 Å². The predicted octanol–water partition coefficient (Wildman–Crippen LogP) is 4.52. The first-order chi connectivity index (χ1) is 24.5. The van der Waals surface area contributed by atoms with Gasteiger partial charge in [0.25, 0.3) is 5.91 Å². The second-order valence-corrected chi connectivity index (χ2v) is 14.4. The molecule has 7 rings (SSSR count). The molecular formula is C35H40BrF3N8O4. The minimum atomic E-state index is -4.72. The van der Waals surface area contributed by atoms with Crippen LogP contribution in [0.25, 0.3) is 21.9 Å². The third-order valence-corrected chi connectivity index (χ3v) is 11.1. The van der Waals surface area contributed by atoms with Gasteiger partial charge in [0.05, 0.1) is 34.0 Å². The van der Waals surface area contributed by atoms with Crippen molar-refractivity contribution in [1.29, 1.82) is 0 Å². The third-order valence-electron chi connectivity index (χ3n) is 10.4. The number of H-pyrrole nitrogens is 1. The summed E-state index contributed by atoms with van der Waals surface area (Å²) in [6.45, 7) is 4.57. The van der Waals surface area contributed by atoms with Gasteiger partial charge in [0.15, 0.2) is 6.10 Å². The number of pyridine rings is 1. The van der Waals surface area contributed by atoms with E-state index < -0.39 is 35.5 Å². The molecule has 1 atom stereocenters. The van der Waals surface area contributed by atoms with E-state index in [9.17, 15) is 27.6 Å². The van der Waals surface area contributed by atoms with Crippen molar-refractivity contribution in [2.45, 2.75) is 56.5 Å². The molecule has 2 amide bonds. The Morgan fingerprint density at radius 1 is 0.980 bits per heavy atom. The highest BCUT2D eigenvalue weighted by molar-refractivity contribution is 9.10. The van der Waals surface area contributed by atoms with Crippen LogP contribution in [0.4, 0.5) is 23.7 Å². The minimum Gasteiger partial charge on any atom is -0.436 e. The summed E-state index contributed by atoms with van der Waals surface area (Å²) in [4.78, 5) is 53.7. The number of halogens is 4. The van der Waals surface area contributed by atoms with Crippen LogP contribution >= 0.6 is 15.9 Å². The number of para-hydroxylation sites is 1. The average molecular weight is 774 g/mol. The first kappa shape index (κ1) is 35.3. The van der Waals surface area contributed by atoms with Crippen LogP contribution in [0.1, 0.15) is 42.9 Å². The number of piperazine rings is 1. The van der Waals surface area contributed by atoms with Crippen molar-refractivity contribution >= 4 is 55.6 Å². The monoisotopic (exact) mass is 772 g/mol. The number of aromatic nitrogens is 3. The number of nitrogens with zero attached hydrogens (tertiary/aromatic N) is 5. The Morgan fingerprint density at radius 2 is 1.69 bits per heavy atom. The summed E-state index contributed by atoms with van der Waals surface area (Å²) < 4.78 is 49.1. The lowest BCUT2D eigenvalue weighted by Crippen LogP contribution is -2.56. The number of nitrogens with two attached hydrogens (primary N) is 1.